The number of rotatable bonds is 4. The predicted octanol–water partition coefficient (Wildman–Crippen LogP) is 2.03. The third-order valence-corrected chi connectivity index (χ3v) is 4.41. The van der Waals surface area contributed by atoms with Crippen molar-refractivity contribution in [3.05, 3.63) is 0 Å². The van der Waals surface area contributed by atoms with E-state index in [1.807, 2.05) is 0 Å². The molecule has 0 aromatic rings. The number of likely N-dealkylation sites (tertiary alicyclic amines) is 1. The number of piperidine rings is 1. The Labute approximate surface area is 117 Å². The van der Waals surface area contributed by atoms with E-state index in [1.165, 1.54) is 12.8 Å². The average Bonchev–Trinajstić information content (AvgIpc) is 3.17. The molecule has 0 aromatic heterocycles. The third-order valence-electron chi connectivity index (χ3n) is 4.41. The van der Waals surface area contributed by atoms with Gasteiger partial charge in [-0.1, -0.05) is 19.8 Å². The number of nitrogens with zero attached hydrogens (tertiary/aromatic N) is 1. The lowest BCUT2D eigenvalue weighted by Crippen LogP contribution is -2.40. The Hall–Kier alpha value is -1.01. The van der Waals surface area contributed by atoms with E-state index in [-0.39, 0.29) is 11.3 Å². The second-order valence-electron chi connectivity index (χ2n) is 6.20. The van der Waals surface area contributed by atoms with Crippen LogP contribution in [0.25, 0.3) is 0 Å². The Balaban J connectivity index is 1.62. The van der Waals surface area contributed by atoms with E-state index in [0.717, 1.165) is 45.4 Å². The summed E-state index contributed by atoms with van der Waals surface area (Å²) in [6.07, 6.45) is 5.44. The highest BCUT2D eigenvalue weighted by Crippen LogP contribution is 2.45. The van der Waals surface area contributed by atoms with Gasteiger partial charge in [0.25, 0.3) is 0 Å². The summed E-state index contributed by atoms with van der Waals surface area (Å²) in [6.45, 7) is 8.17. The molecule has 2 fully saturated rings. The van der Waals surface area contributed by atoms with Gasteiger partial charge < -0.3 is 5.32 Å². The third kappa shape index (κ3) is 4.24. The maximum absolute atomic E-state index is 11.9. The standard InChI is InChI=1S/C16H26N2O/c1-3-4-5-10-18-11-6-14(7-12-18)13-17-15(19)16(2)8-9-16/h14H,3,6-13H2,1-2H3,(H,17,19). The first-order valence-electron chi connectivity index (χ1n) is 7.60. The molecule has 19 heavy (non-hydrogen) atoms. The Morgan fingerprint density at radius 1 is 1.32 bits per heavy atom. The van der Waals surface area contributed by atoms with Crippen LogP contribution >= 0.6 is 0 Å². The van der Waals surface area contributed by atoms with Crippen molar-refractivity contribution in [2.24, 2.45) is 11.3 Å². The Bertz CT molecular complexity index is 368. The minimum Gasteiger partial charge on any atom is -0.355 e. The normalized spacial score (nSPS) is 22.4. The minimum atomic E-state index is -0.0313. The molecule has 1 amide bonds. The fraction of sp³-hybridized carbons (Fsp3) is 0.812. The van der Waals surface area contributed by atoms with Crippen LogP contribution < -0.4 is 5.32 Å². The fourth-order valence-corrected chi connectivity index (χ4v) is 2.51. The second kappa shape index (κ2) is 6.43. The first-order valence-corrected chi connectivity index (χ1v) is 7.60. The molecule has 0 unspecified atom stereocenters. The summed E-state index contributed by atoms with van der Waals surface area (Å²) < 4.78 is 0. The summed E-state index contributed by atoms with van der Waals surface area (Å²) in [6, 6.07) is 0. The van der Waals surface area contributed by atoms with E-state index in [0.29, 0.717) is 5.92 Å². The zero-order valence-electron chi connectivity index (χ0n) is 12.3. The van der Waals surface area contributed by atoms with Crippen LogP contribution in [0.2, 0.25) is 0 Å². The number of amides is 1. The van der Waals surface area contributed by atoms with Gasteiger partial charge in [0.15, 0.2) is 0 Å². The highest BCUT2D eigenvalue weighted by atomic mass is 16.2. The van der Waals surface area contributed by atoms with E-state index in [9.17, 15) is 4.79 Å². The van der Waals surface area contributed by atoms with Crippen molar-refractivity contribution in [3.63, 3.8) is 0 Å². The molecular formula is C16H26N2O. The quantitative estimate of drug-likeness (QED) is 0.786. The Kier molecular flexibility index (Phi) is 4.87. The largest absolute Gasteiger partial charge is 0.355 e. The van der Waals surface area contributed by atoms with E-state index < -0.39 is 0 Å². The van der Waals surface area contributed by atoms with Crippen molar-refractivity contribution >= 4 is 5.91 Å². The van der Waals surface area contributed by atoms with Crippen LogP contribution in [0, 0.1) is 23.2 Å². The van der Waals surface area contributed by atoms with Gasteiger partial charge in [-0.05, 0) is 44.7 Å². The molecule has 0 aromatic carbocycles. The molecule has 0 bridgehead atoms. The monoisotopic (exact) mass is 262 g/mol. The first kappa shape index (κ1) is 14.4. The van der Waals surface area contributed by atoms with Crippen LogP contribution in [0.4, 0.5) is 0 Å². The summed E-state index contributed by atoms with van der Waals surface area (Å²) in [5.74, 6) is 7.25. The van der Waals surface area contributed by atoms with E-state index in [2.05, 4.69) is 35.9 Å². The van der Waals surface area contributed by atoms with Crippen LogP contribution in [0.3, 0.4) is 0 Å². The lowest BCUT2D eigenvalue weighted by molar-refractivity contribution is -0.126. The van der Waals surface area contributed by atoms with Gasteiger partial charge >= 0.3 is 0 Å². The molecule has 1 N–H and O–H groups in total. The van der Waals surface area contributed by atoms with Gasteiger partial charge in [-0.15, -0.1) is 5.92 Å². The lowest BCUT2D eigenvalue weighted by Gasteiger charge is -2.30. The van der Waals surface area contributed by atoms with Crippen LogP contribution in [0.15, 0.2) is 0 Å². The maximum atomic E-state index is 11.9. The van der Waals surface area contributed by atoms with Crippen LogP contribution in [0.1, 0.15) is 46.0 Å². The van der Waals surface area contributed by atoms with Gasteiger partial charge in [0, 0.05) is 18.4 Å². The summed E-state index contributed by atoms with van der Waals surface area (Å²) in [5.41, 5.74) is -0.0313. The minimum absolute atomic E-state index is 0.0313. The summed E-state index contributed by atoms with van der Waals surface area (Å²) >= 11 is 0. The molecule has 1 saturated heterocycles. The molecule has 1 aliphatic carbocycles. The Morgan fingerprint density at radius 3 is 2.58 bits per heavy atom. The smallest absolute Gasteiger partial charge is 0.225 e. The topological polar surface area (TPSA) is 32.3 Å². The summed E-state index contributed by atoms with van der Waals surface area (Å²) in [4.78, 5) is 14.3. The lowest BCUT2D eigenvalue weighted by atomic mass is 9.96. The molecule has 1 saturated carbocycles. The maximum Gasteiger partial charge on any atom is 0.225 e. The first-order chi connectivity index (χ1) is 9.14. The van der Waals surface area contributed by atoms with E-state index >= 15 is 0 Å². The zero-order valence-corrected chi connectivity index (χ0v) is 12.3. The summed E-state index contributed by atoms with van der Waals surface area (Å²) in [5, 5.41) is 3.14. The molecule has 0 radical (unpaired) electrons. The van der Waals surface area contributed by atoms with Crippen molar-refractivity contribution in [3.8, 4) is 11.8 Å². The second-order valence-corrected chi connectivity index (χ2v) is 6.20. The molecule has 2 rings (SSSR count). The molecule has 0 atom stereocenters. The number of hydrogen-bond donors (Lipinski definition) is 1. The van der Waals surface area contributed by atoms with Crippen molar-refractivity contribution in [1.29, 1.82) is 0 Å². The average molecular weight is 262 g/mol. The zero-order chi connectivity index (χ0) is 13.7. The van der Waals surface area contributed by atoms with Crippen molar-refractivity contribution in [1.82, 2.24) is 10.2 Å². The number of carbonyl (C=O) groups is 1. The van der Waals surface area contributed by atoms with Crippen molar-refractivity contribution in [2.75, 3.05) is 26.2 Å². The molecular weight excluding hydrogens is 236 g/mol. The van der Waals surface area contributed by atoms with Crippen molar-refractivity contribution in [2.45, 2.75) is 46.0 Å². The van der Waals surface area contributed by atoms with Crippen LogP contribution in [0.5, 0.6) is 0 Å². The van der Waals surface area contributed by atoms with Gasteiger partial charge in [-0.3, -0.25) is 9.69 Å². The van der Waals surface area contributed by atoms with Gasteiger partial charge in [0.1, 0.15) is 0 Å². The van der Waals surface area contributed by atoms with Gasteiger partial charge in [0.05, 0.1) is 6.54 Å². The van der Waals surface area contributed by atoms with Gasteiger partial charge in [-0.25, -0.2) is 0 Å². The highest BCUT2D eigenvalue weighted by molar-refractivity contribution is 5.84. The SMILES string of the molecule is CCC#CCN1CCC(CNC(=O)C2(C)CC2)CC1. The molecule has 3 nitrogen and oxygen atoms in total. The highest BCUT2D eigenvalue weighted by Gasteiger charge is 2.44. The van der Waals surface area contributed by atoms with Crippen LogP contribution in [-0.4, -0.2) is 37.0 Å². The molecule has 106 valence electrons. The number of carbonyl (C=O) groups excluding carboxylic acids is 1. The molecule has 3 heteroatoms. The molecule has 1 heterocycles. The van der Waals surface area contributed by atoms with Crippen molar-refractivity contribution < 1.29 is 4.79 Å². The molecule has 0 spiro atoms. The predicted molar refractivity (Wildman–Crippen MR) is 77.6 cm³/mol. The molecule has 1 aliphatic heterocycles. The van der Waals surface area contributed by atoms with E-state index in [4.69, 9.17) is 0 Å². The molecule has 2 aliphatic rings. The fourth-order valence-electron chi connectivity index (χ4n) is 2.51. The van der Waals surface area contributed by atoms with Gasteiger partial charge in [-0.2, -0.15) is 0 Å². The summed E-state index contributed by atoms with van der Waals surface area (Å²) in [7, 11) is 0. The van der Waals surface area contributed by atoms with E-state index in [1.54, 1.807) is 0 Å². The van der Waals surface area contributed by atoms with Crippen LogP contribution in [-0.2, 0) is 4.79 Å². The number of hydrogen-bond acceptors (Lipinski definition) is 2. The number of nitrogens with one attached hydrogen (secondary N) is 1. The Morgan fingerprint density at radius 2 is 2.00 bits per heavy atom. The van der Waals surface area contributed by atoms with Gasteiger partial charge in [0.2, 0.25) is 5.91 Å².